The van der Waals surface area contributed by atoms with Gasteiger partial charge < -0.3 is 4.90 Å². The second-order valence-electron chi connectivity index (χ2n) is 6.02. The van der Waals surface area contributed by atoms with Crippen LogP contribution < -0.4 is 0 Å². The molecule has 0 bridgehead atoms. The van der Waals surface area contributed by atoms with E-state index in [0.29, 0.717) is 22.6 Å². The largest absolute Gasteiger partial charge is 0.338 e. The highest BCUT2D eigenvalue weighted by atomic mass is 35.5. The molecule has 0 aliphatic rings. The van der Waals surface area contributed by atoms with Gasteiger partial charge in [0.25, 0.3) is 5.91 Å². The number of hydrogen-bond donors (Lipinski definition) is 0. The van der Waals surface area contributed by atoms with Crippen LogP contribution in [-0.2, 0) is 6.42 Å². The molecular formula is C16H25ClN2O. The van der Waals surface area contributed by atoms with E-state index in [-0.39, 0.29) is 5.91 Å². The van der Waals surface area contributed by atoms with Crippen LogP contribution in [0.3, 0.4) is 0 Å². The van der Waals surface area contributed by atoms with Gasteiger partial charge in [-0.1, -0.05) is 46.2 Å². The molecule has 1 amide bonds. The Bertz CT molecular complexity index is 448. The first-order valence-corrected chi connectivity index (χ1v) is 7.67. The van der Waals surface area contributed by atoms with Crippen molar-refractivity contribution in [2.24, 2.45) is 11.8 Å². The predicted molar refractivity (Wildman–Crippen MR) is 84.2 cm³/mol. The van der Waals surface area contributed by atoms with E-state index in [2.05, 4.69) is 32.7 Å². The molecule has 112 valence electrons. The van der Waals surface area contributed by atoms with Gasteiger partial charge in [0, 0.05) is 24.3 Å². The third kappa shape index (κ3) is 5.12. The number of hydrogen-bond acceptors (Lipinski definition) is 2. The van der Waals surface area contributed by atoms with Gasteiger partial charge in [-0.05, 0) is 30.4 Å². The first-order chi connectivity index (χ1) is 9.33. The smallest absolute Gasteiger partial charge is 0.254 e. The molecule has 1 aromatic rings. The number of nitrogens with zero attached hydrogens (tertiary/aromatic N) is 2. The minimum atomic E-state index is 0.0476. The predicted octanol–water partition coefficient (Wildman–Crippen LogP) is 4.05. The molecule has 0 saturated heterocycles. The third-order valence-electron chi connectivity index (χ3n) is 2.91. The second-order valence-corrected chi connectivity index (χ2v) is 6.41. The molecule has 0 unspecified atom stereocenters. The molecule has 0 aliphatic carbocycles. The van der Waals surface area contributed by atoms with Gasteiger partial charge in [-0.15, -0.1) is 0 Å². The summed E-state index contributed by atoms with van der Waals surface area (Å²) < 4.78 is 0. The van der Waals surface area contributed by atoms with Crippen LogP contribution in [0.5, 0.6) is 0 Å². The lowest BCUT2D eigenvalue weighted by molar-refractivity contribution is 0.0715. The highest BCUT2D eigenvalue weighted by Crippen LogP contribution is 2.15. The summed E-state index contributed by atoms with van der Waals surface area (Å²) in [4.78, 5) is 18.8. The molecule has 20 heavy (non-hydrogen) atoms. The maximum Gasteiger partial charge on any atom is 0.254 e. The number of aromatic nitrogens is 1. The van der Waals surface area contributed by atoms with Crippen molar-refractivity contribution in [3.05, 3.63) is 28.5 Å². The van der Waals surface area contributed by atoms with E-state index in [1.165, 1.54) is 0 Å². The van der Waals surface area contributed by atoms with Gasteiger partial charge in [0.2, 0.25) is 0 Å². The van der Waals surface area contributed by atoms with Crippen LogP contribution in [0.1, 0.15) is 50.7 Å². The Morgan fingerprint density at radius 2 is 1.75 bits per heavy atom. The van der Waals surface area contributed by atoms with Crippen LogP contribution in [0.2, 0.25) is 5.15 Å². The van der Waals surface area contributed by atoms with E-state index in [0.717, 1.165) is 25.2 Å². The van der Waals surface area contributed by atoms with Gasteiger partial charge in [-0.2, -0.15) is 0 Å². The van der Waals surface area contributed by atoms with Crippen LogP contribution in [-0.4, -0.2) is 28.9 Å². The Balaban J connectivity index is 3.01. The van der Waals surface area contributed by atoms with Crippen molar-refractivity contribution in [1.29, 1.82) is 0 Å². The van der Waals surface area contributed by atoms with Crippen LogP contribution in [0.15, 0.2) is 12.1 Å². The standard InChI is InChI=1S/C16H25ClN2O/c1-6-14-7-13(8-15(17)18-14)16(20)19(9-11(2)3)10-12(4)5/h7-8,11-12H,6,9-10H2,1-5H3. The quantitative estimate of drug-likeness (QED) is 0.742. The lowest BCUT2D eigenvalue weighted by Crippen LogP contribution is -2.37. The molecule has 4 heteroatoms. The second kappa shape index (κ2) is 7.63. The number of carbonyl (C=O) groups is 1. The topological polar surface area (TPSA) is 33.2 Å². The highest BCUT2D eigenvalue weighted by Gasteiger charge is 2.19. The maximum absolute atomic E-state index is 12.7. The molecule has 0 saturated carbocycles. The zero-order chi connectivity index (χ0) is 15.3. The first-order valence-electron chi connectivity index (χ1n) is 7.29. The van der Waals surface area contributed by atoms with Crippen molar-refractivity contribution in [3.63, 3.8) is 0 Å². The van der Waals surface area contributed by atoms with E-state index in [1.807, 2.05) is 17.9 Å². The maximum atomic E-state index is 12.7. The summed E-state index contributed by atoms with van der Waals surface area (Å²) in [6.45, 7) is 12.0. The molecule has 0 aromatic carbocycles. The van der Waals surface area contributed by atoms with Gasteiger partial charge in [0.15, 0.2) is 0 Å². The fraction of sp³-hybridized carbons (Fsp3) is 0.625. The average Bonchev–Trinajstić information content (AvgIpc) is 2.35. The summed E-state index contributed by atoms with van der Waals surface area (Å²) in [6.07, 6.45) is 0.773. The minimum absolute atomic E-state index is 0.0476. The summed E-state index contributed by atoms with van der Waals surface area (Å²) in [7, 11) is 0. The summed E-state index contributed by atoms with van der Waals surface area (Å²) in [5.41, 5.74) is 1.50. The Kier molecular flexibility index (Phi) is 6.47. The number of carbonyl (C=O) groups excluding carboxylic acids is 1. The summed E-state index contributed by atoms with van der Waals surface area (Å²) >= 11 is 6.01. The number of rotatable bonds is 6. The van der Waals surface area contributed by atoms with E-state index < -0.39 is 0 Å². The lowest BCUT2D eigenvalue weighted by atomic mass is 10.1. The summed E-state index contributed by atoms with van der Waals surface area (Å²) in [6, 6.07) is 3.51. The molecular weight excluding hydrogens is 272 g/mol. The van der Waals surface area contributed by atoms with Crippen molar-refractivity contribution in [2.45, 2.75) is 41.0 Å². The summed E-state index contributed by atoms with van der Waals surface area (Å²) in [5, 5.41) is 0.391. The number of halogens is 1. The van der Waals surface area contributed by atoms with E-state index in [9.17, 15) is 4.79 Å². The van der Waals surface area contributed by atoms with Crippen molar-refractivity contribution < 1.29 is 4.79 Å². The van der Waals surface area contributed by atoms with Gasteiger partial charge in [0.05, 0.1) is 0 Å². The highest BCUT2D eigenvalue weighted by molar-refractivity contribution is 6.29. The van der Waals surface area contributed by atoms with Crippen molar-refractivity contribution in [1.82, 2.24) is 9.88 Å². The van der Waals surface area contributed by atoms with Gasteiger partial charge in [-0.3, -0.25) is 4.79 Å². The fourth-order valence-corrected chi connectivity index (χ4v) is 2.39. The molecule has 0 N–H and O–H groups in total. The molecule has 0 fully saturated rings. The van der Waals surface area contributed by atoms with E-state index >= 15 is 0 Å². The van der Waals surface area contributed by atoms with Crippen LogP contribution >= 0.6 is 11.6 Å². The molecule has 1 heterocycles. The van der Waals surface area contributed by atoms with Crippen LogP contribution in [0.4, 0.5) is 0 Å². The molecule has 0 atom stereocenters. The monoisotopic (exact) mass is 296 g/mol. The molecule has 0 radical (unpaired) electrons. The van der Waals surface area contributed by atoms with Crippen molar-refractivity contribution in [2.75, 3.05) is 13.1 Å². The SMILES string of the molecule is CCc1cc(C(=O)N(CC(C)C)CC(C)C)cc(Cl)n1. The molecule has 3 nitrogen and oxygen atoms in total. The van der Waals surface area contributed by atoms with Gasteiger partial charge >= 0.3 is 0 Å². The van der Waals surface area contributed by atoms with E-state index in [4.69, 9.17) is 11.6 Å². The van der Waals surface area contributed by atoms with Crippen molar-refractivity contribution >= 4 is 17.5 Å². The minimum Gasteiger partial charge on any atom is -0.338 e. The van der Waals surface area contributed by atoms with E-state index in [1.54, 1.807) is 6.07 Å². The Hall–Kier alpha value is -1.09. The van der Waals surface area contributed by atoms with Crippen LogP contribution in [0.25, 0.3) is 0 Å². The van der Waals surface area contributed by atoms with Gasteiger partial charge in [0.1, 0.15) is 5.15 Å². The Morgan fingerprint density at radius 3 is 2.20 bits per heavy atom. The zero-order valence-corrected chi connectivity index (χ0v) is 13.9. The summed E-state index contributed by atoms with van der Waals surface area (Å²) in [5.74, 6) is 0.938. The normalized spacial score (nSPS) is 11.2. The molecule has 0 spiro atoms. The molecule has 0 aliphatic heterocycles. The number of amides is 1. The zero-order valence-electron chi connectivity index (χ0n) is 13.1. The lowest BCUT2D eigenvalue weighted by Gasteiger charge is -2.26. The number of pyridine rings is 1. The Morgan fingerprint density at radius 1 is 1.20 bits per heavy atom. The molecule has 1 rings (SSSR count). The number of aryl methyl sites for hydroxylation is 1. The Labute approximate surface area is 127 Å². The average molecular weight is 297 g/mol. The first kappa shape index (κ1) is 17.0. The van der Waals surface area contributed by atoms with Crippen molar-refractivity contribution in [3.8, 4) is 0 Å². The molecule has 1 aromatic heterocycles. The van der Waals surface area contributed by atoms with Crippen LogP contribution in [0, 0.1) is 11.8 Å². The fourth-order valence-electron chi connectivity index (χ4n) is 2.16. The third-order valence-corrected chi connectivity index (χ3v) is 3.11. The van der Waals surface area contributed by atoms with Gasteiger partial charge in [-0.25, -0.2) is 4.98 Å².